The summed E-state index contributed by atoms with van der Waals surface area (Å²) in [5.41, 5.74) is 6.30. The van der Waals surface area contributed by atoms with E-state index in [1.54, 1.807) is 6.07 Å². The van der Waals surface area contributed by atoms with E-state index in [0.29, 0.717) is 0 Å². The van der Waals surface area contributed by atoms with Crippen molar-refractivity contribution in [3.8, 4) is 6.07 Å². The van der Waals surface area contributed by atoms with Gasteiger partial charge in [-0.05, 0) is 0 Å². The largest absolute Gasteiger partial charge is 0.530 e. The van der Waals surface area contributed by atoms with E-state index in [0.717, 1.165) is 0 Å². The Morgan fingerprint density at radius 1 is 1.92 bits per heavy atom. The SMILES string of the molecule is N#CCC(CN=[N+]=N)NC(=O)[O-]. The third-order valence-corrected chi connectivity index (χ3v) is 1.03. The first-order chi connectivity index (χ1) is 5.70. The monoisotopic (exact) mass is 169 g/mol. The van der Waals surface area contributed by atoms with Crippen molar-refractivity contribution in [1.82, 2.24) is 10.2 Å². The Morgan fingerprint density at radius 2 is 2.58 bits per heavy atom. The molecule has 0 spiro atoms. The van der Waals surface area contributed by atoms with E-state index in [2.05, 4.69) is 10.0 Å². The number of carboxylic acid groups (broad SMARTS) is 1. The standard InChI is InChI=1S/C5H7N5O2/c6-2-1-4(3-8-10-7)9-5(11)12/h4,7,9H,1,3H2. The molecule has 2 N–H and O–H groups in total. The van der Waals surface area contributed by atoms with Crippen molar-refractivity contribution in [3.05, 3.63) is 0 Å². The minimum atomic E-state index is -1.46. The van der Waals surface area contributed by atoms with Crippen LogP contribution < -0.4 is 15.3 Å². The van der Waals surface area contributed by atoms with Crippen LogP contribution in [0.1, 0.15) is 6.42 Å². The van der Waals surface area contributed by atoms with E-state index >= 15 is 0 Å². The highest BCUT2D eigenvalue weighted by molar-refractivity contribution is 5.62. The van der Waals surface area contributed by atoms with Crippen molar-refractivity contribution in [1.29, 1.82) is 10.8 Å². The van der Waals surface area contributed by atoms with E-state index in [1.165, 1.54) is 0 Å². The zero-order chi connectivity index (χ0) is 9.40. The molecule has 12 heavy (non-hydrogen) atoms. The molecule has 64 valence electrons. The summed E-state index contributed by atoms with van der Waals surface area (Å²) in [5, 5.41) is 23.4. The number of hydrogen-bond acceptors (Lipinski definition) is 5. The molecule has 0 heterocycles. The van der Waals surface area contributed by atoms with Crippen molar-refractivity contribution in [2.45, 2.75) is 12.5 Å². The average Bonchev–Trinajstić information content (AvgIpc) is 2.00. The second kappa shape index (κ2) is 5.82. The van der Waals surface area contributed by atoms with Crippen LogP contribution in [-0.2, 0) is 0 Å². The van der Waals surface area contributed by atoms with Gasteiger partial charge in [-0.25, -0.2) is 0 Å². The average molecular weight is 169 g/mol. The fourth-order valence-corrected chi connectivity index (χ4v) is 0.577. The fraction of sp³-hybridized carbons (Fsp3) is 0.600. The molecule has 0 rings (SSSR count). The van der Waals surface area contributed by atoms with Crippen molar-refractivity contribution in [3.63, 3.8) is 0 Å². The van der Waals surface area contributed by atoms with E-state index in [4.69, 9.17) is 10.8 Å². The Bertz CT molecular complexity index is 235. The van der Waals surface area contributed by atoms with Crippen molar-refractivity contribution in [2.75, 3.05) is 6.54 Å². The number of carbonyl (C=O) groups excluding carboxylic acids is 1. The molecule has 1 atom stereocenters. The summed E-state index contributed by atoms with van der Waals surface area (Å²) in [7, 11) is 0. The van der Waals surface area contributed by atoms with Gasteiger partial charge in [-0.1, -0.05) is 0 Å². The van der Waals surface area contributed by atoms with Gasteiger partial charge in [0.2, 0.25) is 4.91 Å². The molecule has 0 radical (unpaired) electrons. The van der Waals surface area contributed by atoms with Gasteiger partial charge in [0.25, 0.3) is 0 Å². The van der Waals surface area contributed by atoms with Gasteiger partial charge in [0.1, 0.15) is 23.3 Å². The van der Waals surface area contributed by atoms with Crippen LogP contribution in [0.3, 0.4) is 0 Å². The predicted molar refractivity (Wildman–Crippen MR) is 34.7 cm³/mol. The summed E-state index contributed by atoms with van der Waals surface area (Å²) in [5.74, 6) is 0. The lowest BCUT2D eigenvalue weighted by Gasteiger charge is -2.11. The molecular weight excluding hydrogens is 162 g/mol. The molecule has 0 fully saturated rings. The normalized spacial score (nSPS) is 10.6. The lowest BCUT2D eigenvalue weighted by Crippen LogP contribution is -2.44. The molecule has 0 bridgehead atoms. The van der Waals surface area contributed by atoms with E-state index < -0.39 is 12.1 Å². The first-order valence-corrected chi connectivity index (χ1v) is 3.08. The van der Waals surface area contributed by atoms with Crippen LogP contribution in [0.15, 0.2) is 5.11 Å². The molecule has 1 unspecified atom stereocenters. The minimum absolute atomic E-state index is 0.0208. The smallest absolute Gasteiger partial charge is 0.214 e. The van der Waals surface area contributed by atoms with Crippen molar-refractivity contribution < 1.29 is 9.90 Å². The van der Waals surface area contributed by atoms with Gasteiger partial charge < -0.3 is 15.2 Å². The molecule has 7 heteroatoms. The van der Waals surface area contributed by atoms with Gasteiger partial charge in [0.05, 0.1) is 18.5 Å². The number of nitriles is 1. The van der Waals surface area contributed by atoms with E-state index in [1.807, 2.05) is 5.32 Å². The molecule has 0 saturated carbocycles. The Balaban J connectivity index is 3.95. The summed E-state index contributed by atoms with van der Waals surface area (Å²) in [4.78, 5) is 12.7. The summed E-state index contributed by atoms with van der Waals surface area (Å²) >= 11 is 0. The number of hydrogen-bond donors (Lipinski definition) is 2. The summed E-state index contributed by atoms with van der Waals surface area (Å²) in [6.07, 6.45) is -1.48. The third kappa shape index (κ3) is 4.90. The maximum Gasteiger partial charge on any atom is 0.214 e. The van der Waals surface area contributed by atoms with Gasteiger partial charge in [-0.15, -0.1) is 0 Å². The van der Waals surface area contributed by atoms with Gasteiger partial charge in [0, 0.05) is 0 Å². The van der Waals surface area contributed by atoms with Crippen LogP contribution in [0.4, 0.5) is 4.79 Å². The second-order valence-corrected chi connectivity index (χ2v) is 1.91. The number of amides is 1. The van der Waals surface area contributed by atoms with E-state index in [-0.39, 0.29) is 13.0 Å². The Morgan fingerprint density at radius 3 is 3.00 bits per heavy atom. The van der Waals surface area contributed by atoms with Crippen molar-refractivity contribution >= 4 is 6.09 Å². The Labute approximate surface area is 68.2 Å². The van der Waals surface area contributed by atoms with Crippen LogP contribution in [0, 0.1) is 16.9 Å². The maximum absolute atomic E-state index is 10.00. The molecule has 0 aliphatic rings. The van der Waals surface area contributed by atoms with Gasteiger partial charge in [0.15, 0.2) is 0 Å². The molecule has 0 aromatic carbocycles. The molecule has 0 aliphatic carbocycles. The second-order valence-electron chi connectivity index (χ2n) is 1.91. The summed E-state index contributed by atoms with van der Waals surface area (Å²) in [6.45, 7) is -0.0228. The molecule has 0 aromatic heterocycles. The first kappa shape index (κ1) is 10.1. The fourth-order valence-electron chi connectivity index (χ4n) is 0.577. The van der Waals surface area contributed by atoms with Gasteiger partial charge >= 0.3 is 0 Å². The lowest BCUT2D eigenvalue weighted by atomic mass is 10.2. The maximum atomic E-state index is 10.00. The van der Waals surface area contributed by atoms with Gasteiger partial charge in [-0.2, -0.15) is 5.26 Å². The van der Waals surface area contributed by atoms with Crippen LogP contribution in [-0.4, -0.2) is 18.7 Å². The number of nitrogens with zero attached hydrogens (tertiary/aromatic N) is 3. The quantitative estimate of drug-likeness (QED) is 0.403. The summed E-state index contributed by atoms with van der Waals surface area (Å²) < 4.78 is 0. The van der Waals surface area contributed by atoms with Crippen LogP contribution in [0.2, 0.25) is 0 Å². The lowest BCUT2D eigenvalue weighted by molar-refractivity contribution is -0.251. The molecular formula is C5H7N5O2. The van der Waals surface area contributed by atoms with Gasteiger partial charge in [-0.3, -0.25) is 0 Å². The minimum Gasteiger partial charge on any atom is -0.530 e. The number of carbonyl (C=O) groups is 1. The predicted octanol–water partition coefficient (Wildman–Crippen LogP) is -1.25. The third-order valence-electron chi connectivity index (χ3n) is 1.03. The molecule has 0 saturated heterocycles. The van der Waals surface area contributed by atoms with E-state index in [9.17, 15) is 9.90 Å². The molecule has 0 aromatic rings. The topological polar surface area (TPSA) is 126 Å². The first-order valence-electron chi connectivity index (χ1n) is 3.08. The molecule has 0 aliphatic heterocycles. The van der Waals surface area contributed by atoms with Crippen LogP contribution in [0.25, 0.3) is 0 Å². The highest BCUT2D eigenvalue weighted by Crippen LogP contribution is 1.89. The Kier molecular flexibility index (Phi) is 4.89. The number of rotatable bonds is 4. The van der Waals surface area contributed by atoms with Crippen molar-refractivity contribution in [2.24, 2.45) is 5.11 Å². The Hall–Kier alpha value is -1.93. The van der Waals surface area contributed by atoms with Crippen LogP contribution >= 0.6 is 0 Å². The molecule has 7 nitrogen and oxygen atoms in total. The highest BCUT2D eigenvalue weighted by Gasteiger charge is 2.08. The molecule has 1 amide bonds. The zero-order valence-electron chi connectivity index (χ0n) is 6.15. The zero-order valence-corrected chi connectivity index (χ0v) is 6.15. The summed E-state index contributed by atoms with van der Waals surface area (Å²) in [6, 6.07) is 1.12. The van der Waals surface area contributed by atoms with Crippen LogP contribution in [0.5, 0.6) is 0 Å². The number of nitrogens with one attached hydrogen (secondary N) is 2. The highest BCUT2D eigenvalue weighted by atomic mass is 16.4.